The molecule has 1 saturated heterocycles. The normalized spacial score (nSPS) is 16.1. The number of hydrogen-bond donors (Lipinski definition) is 2. The van der Waals surface area contributed by atoms with Crippen LogP contribution in [0, 0.1) is 5.92 Å². The average molecular weight is 372 g/mol. The summed E-state index contributed by atoms with van der Waals surface area (Å²) in [6.45, 7) is 3.25. The number of nitrogens with zero attached hydrogens (tertiary/aromatic N) is 1. The second kappa shape index (κ2) is 8.85. The van der Waals surface area contributed by atoms with Gasteiger partial charge in [0.2, 0.25) is 5.91 Å². The Labute approximate surface area is 158 Å². The van der Waals surface area contributed by atoms with E-state index in [0.29, 0.717) is 25.9 Å². The van der Waals surface area contributed by atoms with Gasteiger partial charge in [-0.15, -0.1) is 0 Å². The van der Waals surface area contributed by atoms with Gasteiger partial charge >= 0.3 is 6.03 Å². The van der Waals surface area contributed by atoms with Crippen LogP contribution in [0.5, 0.6) is 0 Å². The minimum atomic E-state index is -0.0964. The topological polar surface area (TPSA) is 61.4 Å². The Morgan fingerprint density at radius 2 is 1.92 bits per heavy atom. The number of para-hydroxylation sites is 1. The fourth-order valence-electron chi connectivity index (χ4n) is 3.24. The van der Waals surface area contributed by atoms with Crippen LogP contribution < -0.4 is 10.6 Å². The predicted octanol–water partition coefficient (Wildman–Crippen LogP) is 3.74. The van der Waals surface area contributed by atoms with E-state index in [2.05, 4.69) is 27.5 Å². The van der Waals surface area contributed by atoms with E-state index in [-0.39, 0.29) is 23.9 Å². The molecule has 1 atom stereocenters. The molecule has 1 aromatic carbocycles. The van der Waals surface area contributed by atoms with Crippen molar-refractivity contribution in [3.05, 3.63) is 52.7 Å². The van der Waals surface area contributed by atoms with Crippen molar-refractivity contribution in [2.75, 3.05) is 18.4 Å². The molecule has 2 heterocycles. The minimum Gasteiger partial charge on any atom is -0.353 e. The Morgan fingerprint density at radius 1 is 1.19 bits per heavy atom. The molecule has 138 valence electrons. The molecule has 1 aliphatic heterocycles. The number of likely N-dealkylation sites (tertiary alicyclic amines) is 1. The summed E-state index contributed by atoms with van der Waals surface area (Å²) < 4.78 is 0. The second-order valence-corrected chi connectivity index (χ2v) is 7.58. The molecule has 0 saturated carbocycles. The molecule has 3 rings (SSSR count). The van der Waals surface area contributed by atoms with Gasteiger partial charge in [-0.3, -0.25) is 4.79 Å². The van der Waals surface area contributed by atoms with Crippen molar-refractivity contribution in [2.45, 2.75) is 32.2 Å². The van der Waals surface area contributed by atoms with Crippen molar-refractivity contribution in [2.24, 2.45) is 5.92 Å². The highest BCUT2D eigenvalue weighted by Gasteiger charge is 2.28. The van der Waals surface area contributed by atoms with Crippen LogP contribution in [0.1, 0.15) is 25.3 Å². The molecule has 1 aliphatic rings. The SMILES string of the molecule is CC(Cc1ccsc1)NC(=O)C1CCN(C(=O)Nc2ccccc2)CC1. The highest BCUT2D eigenvalue weighted by Crippen LogP contribution is 2.19. The van der Waals surface area contributed by atoms with Crippen molar-refractivity contribution in [1.82, 2.24) is 10.2 Å². The molecule has 0 bridgehead atoms. The third-order valence-corrected chi connectivity index (χ3v) is 5.42. The Bertz CT molecular complexity index is 710. The second-order valence-electron chi connectivity index (χ2n) is 6.80. The molecule has 26 heavy (non-hydrogen) atoms. The molecular formula is C20H25N3O2S. The lowest BCUT2D eigenvalue weighted by molar-refractivity contribution is -0.126. The number of urea groups is 1. The molecule has 2 N–H and O–H groups in total. The van der Waals surface area contributed by atoms with Crippen LogP contribution in [0.3, 0.4) is 0 Å². The third-order valence-electron chi connectivity index (χ3n) is 4.69. The summed E-state index contributed by atoms with van der Waals surface area (Å²) in [6, 6.07) is 11.6. The first-order valence-corrected chi connectivity index (χ1v) is 9.98. The van der Waals surface area contributed by atoms with Gasteiger partial charge in [-0.25, -0.2) is 4.79 Å². The van der Waals surface area contributed by atoms with Gasteiger partial charge in [0.15, 0.2) is 0 Å². The maximum Gasteiger partial charge on any atom is 0.321 e. The quantitative estimate of drug-likeness (QED) is 0.841. The molecule has 1 aromatic heterocycles. The number of hydrogen-bond acceptors (Lipinski definition) is 3. The lowest BCUT2D eigenvalue weighted by atomic mass is 9.95. The number of benzene rings is 1. The summed E-state index contributed by atoms with van der Waals surface area (Å²) in [7, 11) is 0. The number of amides is 3. The van der Waals surface area contributed by atoms with E-state index in [1.54, 1.807) is 16.2 Å². The number of carbonyl (C=O) groups excluding carboxylic acids is 2. The Balaban J connectivity index is 1.42. The van der Waals surface area contributed by atoms with E-state index in [4.69, 9.17) is 0 Å². The number of anilines is 1. The molecule has 1 unspecified atom stereocenters. The molecule has 1 fully saturated rings. The van der Waals surface area contributed by atoms with Crippen molar-refractivity contribution >= 4 is 29.0 Å². The maximum atomic E-state index is 12.5. The Kier molecular flexibility index (Phi) is 6.28. The minimum absolute atomic E-state index is 0.0132. The number of thiophene rings is 1. The van der Waals surface area contributed by atoms with Crippen molar-refractivity contribution in [3.8, 4) is 0 Å². The Morgan fingerprint density at radius 3 is 2.58 bits per heavy atom. The van der Waals surface area contributed by atoms with Crippen molar-refractivity contribution < 1.29 is 9.59 Å². The number of nitrogens with one attached hydrogen (secondary N) is 2. The van der Waals surface area contributed by atoms with E-state index in [1.165, 1.54) is 5.56 Å². The number of rotatable bonds is 5. The summed E-state index contributed by atoms with van der Waals surface area (Å²) in [4.78, 5) is 26.6. The molecule has 6 heteroatoms. The first kappa shape index (κ1) is 18.5. The molecule has 0 spiro atoms. The molecule has 0 aliphatic carbocycles. The summed E-state index contributed by atoms with van der Waals surface area (Å²) in [5.74, 6) is 0.0940. The summed E-state index contributed by atoms with van der Waals surface area (Å²) >= 11 is 1.68. The van der Waals surface area contributed by atoms with Crippen molar-refractivity contribution in [3.63, 3.8) is 0 Å². The van der Waals surface area contributed by atoms with Gasteiger partial charge in [0.05, 0.1) is 0 Å². The van der Waals surface area contributed by atoms with Crippen LogP contribution in [-0.4, -0.2) is 36.0 Å². The summed E-state index contributed by atoms with van der Waals surface area (Å²) in [6.07, 6.45) is 2.27. The van der Waals surface area contributed by atoms with E-state index in [9.17, 15) is 9.59 Å². The molecule has 0 radical (unpaired) electrons. The fourth-order valence-corrected chi connectivity index (χ4v) is 3.92. The predicted molar refractivity (Wildman–Crippen MR) is 105 cm³/mol. The van der Waals surface area contributed by atoms with Crippen LogP contribution >= 0.6 is 11.3 Å². The maximum absolute atomic E-state index is 12.5. The lowest BCUT2D eigenvalue weighted by Gasteiger charge is -2.32. The fraction of sp³-hybridized carbons (Fsp3) is 0.400. The summed E-state index contributed by atoms with van der Waals surface area (Å²) in [5, 5.41) is 10.2. The van der Waals surface area contributed by atoms with Crippen LogP contribution in [-0.2, 0) is 11.2 Å². The zero-order valence-electron chi connectivity index (χ0n) is 15.0. The molecule has 3 amide bonds. The standard InChI is InChI=1S/C20H25N3O2S/c1-15(13-16-9-12-26-14-16)21-19(24)17-7-10-23(11-8-17)20(25)22-18-5-3-2-4-6-18/h2-6,9,12,14-15,17H,7-8,10-11,13H2,1H3,(H,21,24)(H,22,25). The number of piperidine rings is 1. The summed E-state index contributed by atoms with van der Waals surface area (Å²) in [5.41, 5.74) is 2.05. The monoisotopic (exact) mass is 371 g/mol. The van der Waals surface area contributed by atoms with Gasteiger partial charge < -0.3 is 15.5 Å². The van der Waals surface area contributed by atoms with Gasteiger partial charge in [-0.1, -0.05) is 18.2 Å². The first-order chi connectivity index (χ1) is 12.6. The smallest absolute Gasteiger partial charge is 0.321 e. The highest BCUT2D eigenvalue weighted by atomic mass is 32.1. The van der Waals surface area contributed by atoms with E-state index in [0.717, 1.165) is 12.1 Å². The third kappa shape index (κ3) is 5.08. The van der Waals surface area contributed by atoms with E-state index in [1.807, 2.05) is 37.3 Å². The largest absolute Gasteiger partial charge is 0.353 e. The van der Waals surface area contributed by atoms with Crippen LogP contribution in [0.15, 0.2) is 47.2 Å². The molecule has 5 nitrogen and oxygen atoms in total. The van der Waals surface area contributed by atoms with Crippen LogP contribution in [0.2, 0.25) is 0 Å². The zero-order valence-corrected chi connectivity index (χ0v) is 15.8. The van der Waals surface area contributed by atoms with Gasteiger partial charge in [0, 0.05) is 30.7 Å². The van der Waals surface area contributed by atoms with Crippen LogP contribution in [0.25, 0.3) is 0 Å². The average Bonchev–Trinajstić information content (AvgIpc) is 3.15. The molecular weight excluding hydrogens is 346 g/mol. The first-order valence-electron chi connectivity index (χ1n) is 9.04. The van der Waals surface area contributed by atoms with Crippen LogP contribution in [0.4, 0.5) is 10.5 Å². The lowest BCUT2D eigenvalue weighted by Crippen LogP contribution is -2.46. The van der Waals surface area contributed by atoms with E-state index < -0.39 is 0 Å². The van der Waals surface area contributed by atoms with E-state index >= 15 is 0 Å². The van der Waals surface area contributed by atoms with Gasteiger partial charge in [-0.05, 0) is 60.7 Å². The van der Waals surface area contributed by atoms with Crippen molar-refractivity contribution in [1.29, 1.82) is 0 Å². The number of carbonyl (C=O) groups is 2. The Hall–Kier alpha value is -2.34. The molecule has 2 aromatic rings. The zero-order chi connectivity index (χ0) is 18.4. The highest BCUT2D eigenvalue weighted by molar-refractivity contribution is 7.07. The van der Waals surface area contributed by atoms with Gasteiger partial charge in [0.25, 0.3) is 0 Å². The van der Waals surface area contributed by atoms with Gasteiger partial charge in [-0.2, -0.15) is 11.3 Å². The van der Waals surface area contributed by atoms with Gasteiger partial charge in [0.1, 0.15) is 0 Å².